The predicted octanol–water partition coefficient (Wildman–Crippen LogP) is 8.70. The number of aliphatic hydroxyl groups is 3. The lowest BCUT2D eigenvalue weighted by Gasteiger charge is -2.23. The van der Waals surface area contributed by atoms with E-state index in [0.29, 0.717) is 6.42 Å². The lowest BCUT2D eigenvalue weighted by atomic mass is 10.0. The van der Waals surface area contributed by atoms with Crippen LogP contribution in [0, 0.1) is 0 Å². The van der Waals surface area contributed by atoms with E-state index in [4.69, 9.17) is 0 Å². The second-order valence-corrected chi connectivity index (χ2v) is 11.7. The third kappa shape index (κ3) is 25.8. The number of allylic oxidation sites excluding steroid dienone is 3. The van der Waals surface area contributed by atoms with Crippen molar-refractivity contribution < 1.29 is 20.1 Å². The molecule has 0 aliphatic rings. The first-order chi connectivity index (χ1) is 19.6. The van der Waals surface area contributed by atoms with Gasteiger partial charge in [0.2, 0.25) is 5.91 Å². The molecule has 3 unspecified atom stereocenters. The summed E-state index contributed by atoms with van der Waals surface area (Å²) in [6, 6.07) is -0.738. The third-order valence-corrected chi connectivity index (χ3v) is 7.83. The summed E-state index contributed by atoms with van der Waals surface area (Å²) in [7, 11) is 0. The maximum Gasteiger partial charge on any atom is 0.249 e. The van der Waals surface area contributed by atoms with Gasteiger partial charge in [-0.25, -0.2) is 0 Å². The van der Waals surface area contributed by atoms with Crippen LogP contribution < -0.4 is 5.32 Å². The van der Waals surface area contributed by atoms with Gasteiger partial charge in [-0.2, -0.15) is 0 Å². The minimum atomic E-state index is -1.18. The van der Waals surface area contributed by atoms with Crippen LogP contribution in [0.5, 0.6) is 0 Å². The van der Waals surface area contributed by atoms with E-state index in [0.717, 1.165) is 25.7 Å². The molecule has 0 spiro atoms. The second-order valence-electron chi connectivity index (χ2n) is 11.7. The molecular weight excluding hydrogens is 498 g/mol. The van der Waals surface area contributed by atoms with Crippen molar-refractivity contribution in [2.75, 3.05) is 6.61 Å². The molecule has 1 amide bonds. The fraction of sp³-hybridized carbons (Fsp3) is 0.857. The minimum Gasteiger partial charge on any atom is -0.394 e. The summed E-state index contributed by atoms with van der Waals surface area (Å²) in [5.41, 5.74) is 0. The molecule has 0 heterocycles. The number of hydrogen-bond acceptors (Lipinski definition) is 4. The van der Waals surface area contributed by atoms with Crippen molar-refractivity contribution in [3.63, 3.8) is 0 Å². The molecule has 40 heavy (non-hydrogen) atoms. The second kappa shape index (κ2) is 30.8. The largest absolute Gasteiger partial charge is 0.394 e. The van der Waals surface area contributed by atoms with Crippen molar-refractivity contribution >= 4 is 5.91 Å². The number of unbranched alkanes of at least 4 members (excludes halogenated alkanes) is 19. The van der Waals surface area contributed by atoms with Crippen molar-refractivity contribution in [3.05, 3.63) is 24.3 Å². The van der Waals surface area contributed by atoms with Crippen molar-refractivity contribution in [1.29, 1.82) is 0 Å². The number of carbonyl (C=O) groups excluding carboxylic acids is 1. The summed E-state index contributed by atoms with van der Waals surface area (Å²) in [4.78, 5) is 12.3. The summed E-state index contributed by atoms with van der Waals surface area (Å²) in [6.07, 6.45) is 34.6. The van der Waals surface area contributed by atoms with Gasteiger partial charge >= 0.3 is 0 Å². The number of amides is 1. The summed E-state index contributed by atoms with van der Waals surface area (Å²) in [6.45, 7) is 4.16. The first kappa shape index (κ1) is 38.8. The lowest BCUT2D eigenvalue weighted by Crippen LogP contribution is -2.49. The quantitative estimate of drug-likeness (QED) is 0.0518. The van der Waals surface area contributed by atoms with Crippen molar-refractivity contribution in [2.45, 2.75) is 186 Å². The zero-order valence-corrected chi connectivity index (χ0v) is 26.5. The van der Waals surface area contributed by atoms with Gasteiger partial charge < -0.3 is 20.6 Å². The minimum absolute atomic E-state index is 0.226. The van der Waals surface area contributed by atoms with E-state index in [1.165, 1.54) is 116 Å². The van der Waals surface area contributed by atoms with Gasteiger partial charge in [-0.1, -0.05) is 160 Å². The van der Waals surface area contributed by atoms with E-state index < -0.39 is 24.2 Å². The molecule has 4 N–H and O–H groups in total. The predicted molar refractivity (Wildman–Crippen MR) is 171 cm³/mol. The van der Waals surface area contributed by atoms with E-state index in [9.17, 15) is 20.1 Å². The van der Waals surface area contributed by atoms with Crippen LogP contribution in [0.25, 0.3) is 0 Å². The van der Waals surface area contributed by atoms with Gasteiger partial charge in [0.1, 0.15) is 6.10 Å². The molecule has 0 aromatic heterocycles. The Labute approximate surface area is 248 Å². The van der Waals surface area contributed by atoms with Crippen LogP contribution in [0.2, 0.25) is 0 Å². The van der Waals surface area contributed by atoms with Gasteiger partial charge in [0.25, 0.3) is 0 Å². The number of nitrogens with one attached hydrogen (secondary N) is 1. The third-order valence-electron chi connectivity index (χ3n) is 7.83. The normalized spacial score (nSPS) is 14.2. The Hall–Kier alpha value is -1.17. The topological polar surface area (TPSA) is 89.8 Å². The molecule has 236 valence electrons. The highest BCUT2D eigenvalue weighted by Crippen LogP contribution is 2.14. The van der Waals surface area contributed by atoms with Gasteiger partial charge in [-0.15, -0.1) is 0 Å². The summed E-state index contributed by atoms with van der Waals surface area (Å²) >= 11 is 0. The molecule has 0 aliphatic heterocycles. The van der Waals surface area contributed by atoms with Gasteiger partial charge in [-0.05, 0) is 25.7 Å². The van der Waals surface area contributed by atoms with Gasteiger partial charge in [-0.3, -0.25) is 4.79 Å². The molecule has 0 bridgehead atoms. The van der Waals surface area contributed by atoms with E-state index in [1.54, 1.807) is 0 Å². The molecule has 0 fully saturated rings. The Balaban J connectivity index is 3.81. The molecule has 0 aliphatic carbocycles. The summed E-state index contributed by atoms with van der Waals surface area (Å²) in [5, 5.41) is 32.9. The summed E-state index contributed by atoms with van der Waals surface area (Å²) < 4.78 is 0. The van der Waals surface area contributed by atoms with Crippen LogP contribution in [0.4, 0.5) is 0 Å². The molecule has 5 heteroatoms. The fourth-order valence-corrected chi connectivity index (χ4v) is 5.06. The molecule has 0 radical (unpaired) electrons. The summed E-state index contributed by atoms with van der Waals surface area (Å²) in [5.74, 6) is -0.540. The van der Waals surface area contributed by atoms with Crippen molar-refractivity contribution in [3.8, 4) is 0 Å². The molecule has 5 nitrogen and oxygen atoms in total. The monoisotopic (exact) mass is 566 g/mol. The molecule has 0 aromatic carbocycles. The highest BCUT2D eigenvalue weighted by molar-refractivity contribution is 5.81. The zero-order valence-electron chi connectivity index (χ0n) is 26.5. The molecular formula is C35H67NO4. The molecule has 3 atom stereocenters. The molecule has 0 aromatic rings. The Bertz CT molecular complexity index is 592. The molecule has 0 saturated heterocycles. The average Bonchev–Trinajstić information content (AvgIpc) is 2.96. The van der Waals surface area contributed by atoms with Gasteiger partial charge in [0.05, 0.1) is 18.8 Å². The lowest BCUT2D eigenvalue weighted by molar-refractivity contribution is -0.131. The smallest absolute Gasteiger partial charge is 0.249 e. The Kier molecular flexibility index (Phi) is 29.9. The van der Waals surface area contributed by atoms with Gasteiger partial charge in [0.15, 0.2) is 0 Å². The van der Waals surface area contributed by atoms with E-state index in [1.807, 2.05) is 12.2 Å². The Morgan fingerprint density at radius 1 is 0.625 bits per heavy atom. The maximum absolute atomic E-state index is 12.3. The van der Waals surface area contributed by atoms with Crippen LogP contribution in [-0.2, 0) is 4.79 Å². The average molecular weight is 566 g/mol. The van der Waals surface area contributed by atoms with Crippen LogP contribution in [0.1, 0.15) is 168 Å². The number of carbonyl (C=O) groups is 1. The first-order valence-corrected chi connectivity index (χ1v) is 17.1. The van der Waals surface area contributed by atoms with E-state index in [2.05, 4.69) is 31.3 Å². The maximum atomic E-state index is 12.3. The van der Waals surface area contributed by atoms with Gasteiger partial charge in [0, 0.05) is 6.42 Å². The van der Waals surface area contributed by atoms with Crippen LogP contribution in [0.3, 0.4) is 0 Å². The highest BCUT2D eigenvalue weighted by atomic mass is 16.3. The van der Waals surface area contributed by atoms with E-state index in [-0.39, 0.29) is 13.0 Å². The van der Waals surface area contributed by atoms with Crippen molar-refractivity contribution in [1.82, 2.24) is 5.32 Å². The number of rotatable bonds is 30. The SMILES string of the molecule is CCCCCCCC/C=C\C/C=C\CC(O)C(=O)NC(CO)C(O)CCCCCCCCCCCCCCCC. The van der Waals surface area contributed by atoms with Crippen LogP contribution in [-0.4, -0.2) is 46.1 Å². The van der Waals surface area contributed by atoms with E-state index >= 15 is 0 Å². The number of hydrogen-bond donors (Lipinski definition) is 4. The van der Waals surface area contributed by atoms with Crippen LogP contribution >= 0.6 is 0 Å². The fourth-order valence-electron chi connectivity index (χ4n) is 5.06. The zero-order chi connectivity index (χ0) is 29.5. The Morgan fingerprint density at radius 2 is 1.07 bits per heavy atom. The Morgan fingerprint density at radius 3 is 1.57 bits per heavy atom. The highest BCUT2D eigenvalue weighted by Gasteiger charge is 2.23. The number of aliphatic hydroxyl groups excluding tert-OH is 3. The molecule has 0 saturated carbocycles. The molecule has 0 rings (SSSR count). The first-order valence-electron chi connectivity index (χ1n) is 17.1. The van der Waals surface area contributed by atoms with Crippen LogP contribution in [0.15, 0.2) is 24.3 Å². The standard InChI is InChI=1S/C35H67NO4/c1-3-5-7-9-11-13-15-17-18-20-21-23-25-27-29-33(38)32(31-37)36-35(40)34(39)30-28-26-24-22-19-16-14-12-10-8-6-4-2/h19,22,26,28,32-34,37-39H,3-18,20-21,23-25,27,29-31H2,1-2H3,(H,36,40)/b22-19-,28-26-. The van der Waals surface area contributed by atoms with Crippen molar-refractivity contribution in [2.24, 2.45) is 0 Å².